The molecule has 0 saturated heterocycles. The van der Waals surface area contributed by atoms with Gasteiger partial charge in [0.05, 0.1) is 16.9 Å². The van der Waals surface area contributed by atoms with Gasteiger partial charge < -0.3 is 15.4 Å². The molecule has 5 nitrogen and oxygen atoms in total. The number of ether oxygens (including phenoxy) is 1. The number of aryl methyl sites for hydroxylation is 1. The number of rotatable bonds is 13. The topological polar surface area (TPSA) is 67.4 Å². The van der Waals surface area contributed by atoms with Gasteiger partial charge in [-0.3, -0.25) is 0 Å². The van der Waals surface area contributed by atoms with E-state index in [1.54, 1.807) is 37.4 Å². The molecule has 3 rings (SSSR count). The number of benzene rings is 2. The number of unbranched alkanes of at least 4 members (excludes halogenated alkanes) is 2. The van der Waals surface area contributed by atoms with E-state index in [2.05, 4.69) is 24.5 Å². The third-order valence-corrected chi connectivity index (χ3v) is 8.23. The molecule has 0 aliphatic heterocycles. The van der Waals surface area contributed by atoms with Gasteiger partial charge in [-0.1, -0.05) is 32.8 Å². The highest BCUT2D eigenvalue weighted by molar-refractivity contribution is 7.91. The third kappa shape index (κ3) is 6.12. The zero-order chi connectivity index (χ0) is 23.0. The number of methoxy groups -OCH3 is 1. The minimum Gasteiger partial charge on any atom is -0.497 e. The molecule has 2 atom stereocenters. The molecule has 0 saturated carbocycles. The average molecular weight is 459 g/mol. The van der Waals surface area contributed by atoms with Crippen LogP contribution in [0.25, 0.3) is 0 Å². The van der Waals surface area contributed by atoms with Crippen LogP contribution < -0.4 is 15.4 Å². The predicted molar refractivity (Wildman–Crippen MR) is 130 cm³/mol. The fourth-order valence-electron chi connectivity index (χ4n) is 4.43. The minimum atomic E-state index is -3.53. The molecule has 1 aliphatic carbocycles. The summed E-state index contributed by atoms with van der Waals surface area (Å²) in [5.41, 5.74) is 2.38. The van der Waals surface area contributed by atoms with Crippen LogP contribution in [0.5, 0.6) is 5.75 Å². The van der Waals surface area contributed by atoms with Crippen LogP contribution in [-0.4, -0.2) is 34.7 Å². The molecule has 32 heavy (non-hydrogen) atoms. The fourth-order valence-corrected chi connectivity index (χ4v) is 5.74. The van der Waals surface area contributed by atoms with Gasteiger partial charge in [0.1, 0.15) is 5.75 Å². The van der Waals surface area contributed by atoms with Crippen molar-refractivity contribution >= 4 is 9.84 Å². The molecule has 2 unspecified atom stereocenters. The molecular weight excluding hydrogens is 420 g/mol. The maximum Gasteiger partial charge on any atom is 0.206 e. The van der Waals surface area contributed by atoms with E-state index in [0.717, 1.165) is 44.3 Å². The zero-order valence-corrected chi connectivity index (χ0v) is 20.5. The first-order chi connectivity index (χ1) is 15.5. The van der Waals surface area contributed by atoms with E-state index in [9.17, 15) is 8.42 Å². The SMILES string of the molecule is CCCCCNC(CC)CCNC1CCc2cc(S(=O)(=O)c3ccc(OC)cc3)ccc21. The highest BCUT2D eigenvalue weighted by Gasteiger charge is 2.25. The monoisotopic (exact) mass is 458 g/mol. The minimum absolute atomic E-state index is 0.294. The summed E-state index contributed by atoms with van der Waals surface area (Å²) in [6.07, 6.45) is 7.96. The molecule has 0 radical (unpaired) electrons. The fraction of sp³-hybridized carbons (Fsp3) is 0.538. The average Bonchev–Trinajstić information content (AvgIpc) is 3.23. The summed E-state index contributed by atoms with van der Waals surface area (Å²) in [4.78, 5) is 0.660. The Kier molecular flexibility index (Phi) is 9.14. The smallest absolute Gasteiger partial charge is 0.206 e. The quantitative estimate of drug-likeness (QED) is 0.411. The van der Waals surface area contributed by atoms with Gasteiger partial charge >= 0.3 is 0 Å². The summed E-state index contributed by atoms with van der Waals surface area (Å²) in [6, 6.07) is 13.0. The highest BCUT2D eigenvalue weighted by Crippen LogP contribution is 2.34. The first-order valence-electron chi connectivity index (χ1n) is 12.0. The Hall–Kier alpha value is -1.89. The maximum atomic E-state index is 13.1. The third-order valence-electron chi connectivity index (χ3n) is 6.46. The summed E-state index contributed by atoms with van der Waals surface area (Å²) < 4.78 is 31.3. The normalized spacial score (nSPS) is 16.7. The van der Waals surface area contributed by atoms with Crippen LogP contribution in [0.3, 0.4) is 0 Å². The molecule has 0 aromatic heterocycles. The summed E-state index contributed by atoms with van der Waals surface area (Å²) in [5.74, 6) is 0.647. The number of nitrogens with one attached hydrogen (secondary N) is 2. The van der Waals surface area contributed by atoms with Crippen LogP contribution in [-0.2, 0) is 16.3 Å². The first kappa shape index (κ1) is 24.7. The van der Waals surface area contributed by atoms with Gasteiger partial charge in [0.25, 0.3) is 0 Å². The number of hydrogen-bond acceptors (Lipinski definition) is 5. The lowest BCUT2D eigenvalue weighted by Crippen LogP contribution is -2.33. The Morgan fingerprint density at radius 1 is 1.03 bits per heavy atom. The van der Waals surface area contributed by atoms with Crippen LogP contribution in [0.1, 0.15) is 69.5 Å². The van der Waals surface area contributed by atoms with Gasteiger partial charge in [-0.15, -0.1) is 0 Å². The molecule has 0 bridgehead atoms. The van der Waals surface area contributed by atoms with Gasteiger partial charge in [0.2, 0.25) is 9.84 Å². The lowest BCUT2D eigenvalue weighted by molar-refractivity contribution is 0.414. The van der Waals surface area contributed by atoms with Crippen LogP contribution >= 0.6 is 0 Å². The van der Waals surface area contributed by atoms with Gasteiger partial charge in [0.15, 0.2) is 0 Å². The maximum absolute atomic E-state index is 13.1. The lowest BCUT2D eigenvalue weighted by Gasteiger charge is -2.20. The molecule has 6 heteroatoms. The number of hydrogen-bond donors (Lipinski definition) is 2. The van der Waals surface area contributed by atoms with Crippen molar-refractivity contribution < 1.29 is 13.2 Å². The van der Waals surface area contributed by atoms with Crippen molar-refractivity contribution in [3.8, 4) is 5.75 Å². The first-order valence-corrected chi connectivity index (χ1v) is 13.5. The van der Waals surface area contributed by atoms with Crippen LogP contribution in [0.15, 0.2) is 52.3 Å². The molecule has 2 N–H and O–H groups in total. The summed E-state index contributed by atoms with van der Waals surface area (Å²) in [5, 5.41) is 7.38. The Bertz CT molecular complexity index is 958. The summed E-state index contributed by atoms with van der Waals surface area (Å²) >= 11 is 0. The zero-order valence-electron chi connectivity index (χ0n) is 19.7. The Balaban J connectivity index is 1.59. The van der Waals surface area contributed by atoms with E-state index >= 15 is 0 Å². The summed E-state index contributed by atoms with van der Waals surface area (Å²) in [6.45, 7) is 6.55. The van der Waals surface area contributed by atoms with E-state index in [0.29, 0.717) is 27.6 Å². The Morgan fingerprint density at radius 3 is 2.47 bits per heavy atom. The predicted octanol–water partition coefficient (Wildman–Crippen LogP) is 5.05. The second-order valence-electron chi connectivity index (χ2n) is 8.64. The van der Waals surface area contributed by atoms with Crippen molar-refractivity contribution in [3.63, 3.8) is 0 Å². The molecule has 176 valence electrons. The summed E-state index contributed by atoms with van der Waals surface area (Å²) in [7, 11) is -1.96. The van der Waals surface area contributed by atoms with E-state index in [1.165, 1.54) is 24.8 Å². The van der Waals surface area contributed by atoms with Crippen molar-refractivity contribution in [2.45, 2.75) is 80.7 Å². The largest absolute Gasteiger partial charge is 0.497 e. The van der Waals surface area contributed by atoms with Crippen molar-refractivity contribution in [2.75, 3.05) is 20.2 Å². The molecule has 0 fully saturated rings. The van der Waals surface area contributed by atoms with Gasteiger partial charge in [-0.05, 0) is 92.7 Å². The lowest BCUT2D eigenvalue weighted by atomic mass is 10.1. The van der Waals surface area contributed by atoms with Gasteiger partial charge in [-0.2, -0.15) is 0 Å². The van der Waals surface area contributed by atoms with Gasteiger partial charge in [0, 0.05) is 12.1 Å². The van der Waals surface area contributed by atoms with Crippen molar-refractivity contribution in [3.05, 3.63) is 53.6 Å². The molecule has 0 amide bonds. The molecule has 2 aromatic carbocycles. The van der Waals surface area contributed by atoms with E-state index < -0.39 is 9.84 Å². The van der Waals surface area contributed by atoms with E-state index in [-0.39, 0.29) is 0 Å². The number of sulfone groups is 1. The molecule has 2 aromatic rings. The standard InChI is InChI=1S/C26H38N2O3S/c1-4-6-7-17-27-21(5-2)16-18-28-26-15-8-20-19-24(13-14-25(20)26)32(29,30)23-11-9-22(31-3)10-12-23/h9-14,19,21,26-28H,4-8,15-18H2,1-3H3. The van der Waals surface area contributed by atoms with E-state index in [1.807, 2.05) is 12.1 Å². The number of fused-ring (bicyclic) bond motifs is 1. The molecule has 0 heterocycles. The Labute approximate surface area is 193 Å². The second kappa shape index (κ2) is 11.8. The molecule has 1 aliphatic rings. The van der Waals surface area contributed by atoms with Gasteiger partial charge in [-0.25, -0.2) is 8.42 Å². The van der Waals surface area contributed by atoms with Crippen LogP contribution in [0.2, 0.25) is 0 Å². The van der Waals surface area contributed by atoms with Crippen molar-refractivity contribution in [1.29, 1.82) is 0 Å². The van der Waals surface area contributed by atoms with E-state index in [4.69, 9.17) is 4.74 Å². The van der Waals surface area contributed by atoms with Crippen molar-refractivity contribution in [1.82, 2.24) is 10.6 Å². The molecular formula is C26H38N2O3S. The molecule has 0 spiro atoms. The van der Waals surface area contributed by atoms with Crippen LogP contribution in [0, 0.1) is 0 Å². The van der Waals surface area contributed by atoms with Crippen LogP contribution in [0.4, 0.5) is 0 Å². The second-order valence-corrected chi connectivity index (χ2v) is 10.6. The Morgan fingerprint density at radius 2 is 1.78 bits per heavy atom. The van der Waals surface area contributed by atoms with Crippen molar-refractivity contribution in [2.24, 2.45) is 0 Å². The highest BCUT2D eigenvalue weighted by atomic mass is 32.2.